The molecule has 27 heavy (non-hydrogen) atoms. The summed E-state index contributed by atoms with van der Waals surface area (Å²) in [5.74, 6) is -0.0915. The number of aryl methyl sites for hydroxylation is 2. The molecule has 3 aromatic rings. The second-order valence-electron chi connectivity index (χ2n) is 6.39. The van der Waals surface area contributed by atoms with E-state index in [1.54, 1.807) is 29.8 Å². The maximum atomic E-state index is 12.9. The van der Waals surface area contributed by atoms with E-state index in [2.05, 4.69) is 4.98 Å². The van der Waals surface area contributed by atoms with Crippen molar-refractivity contribution in [3.63, 3.8) is 0 Å². The first-order chi connectivity index (χ1) is 12.8. The smallest absolute Gasteiger partial charge is 0.303 e. The largest absolute Gasteiger partial charge is 0.496 e. The number of methoxy groups -OCH3 is 1. The van der Waals surface area contributed by atoms with Gasteiger partial charge in [-0.1, -0.05) is 12.1 Å². The highest BCUT2D eigenvalue weighted by molar-refractivity contribution is 5.97. The van der Waals surface area contributed by atoms with Gasteiger partial charge in [0.1, 0.15) is 11.6 Å². The van der Waals surface area contributed by atoms with Gasteiger partial charge in [-0.3, -0.25) is 9.59 Å². The Balaban J connectivity index is 2.33. The zero-order valence-electron chi connectivity index (χ0n) is 15.4. The Bertz CT molecular complexity index is 1100. The molecule has 0 atom stereocenters. The average molecular weight is 367 g/mol. The number of hydrogen-bond acceptors (Lipinski definition) is 5. The standard InChI is InChI=1S/C20H21N3O4/c1-11-10-15(27-3)18(20(26)23(11)2)14-6-4-12(5-9-17(24)25)13-7-8-16(21)22-19(13)14/h4,6-8,10H,5,9H2,1-3H3,(H2,21,22)(H,24,25). The number of rotatable bonds is 5. The van der Waals surface area contributed by atoms with Crippen molar-refractivity contribution in [1.29, 1.82) is 0 Å². The van der Waals surface area contributed by atoms with Crippen LogP contribution >= 0.6 is 0 Å². The second kappa shape index (κ2) is 7.11. The number of aromatic nitrogens is 2. The van der Waals surface area contributed by atoms with Crippen LogP contribution in [0.2, 0.25) is 0 Å². The number of carboxylic acid groups (broad SMARTS) is 1. The van der Waals surface area contributed by atoms with E-state index in [1.807, 2.05) is 19.1 Å². The predicted molar refractivity (Wildman–Crippen MR) is 104 cm³/mol. The summed E-state index contributed by atoms with van der Waals surface area (Å²) in [6.07, 6.45) is 0.370. The molecule has 3 N–H and O–H groups in total. The lowest BCUT2D eigenvalue weighted by molar-refractivity contribution is -0.136. The fourth-order valence-electron chi connectivity index (χ4n) is 3.15. The van der Waals surface area contributed by atoms with E-state index in [9.17, 15) is 9.59 Å². The third kappa shape index (κ3) is 3.36. The second-order valence-corrected chi connectivity index (χ2v) is 6.39. The molecule has 0 fully saturated rings. The van der Waals surface area contributed by atoms with Crippen LogP contribution in [-0.4, -0.2) is 27.7 Å². The monoisotopic (exact) mass is 367 g/mol. The maximum Gasteiger partial charge on any atom is 0.303 e. The summed E-state index contributed by atoms with van der Waals surface area (Å²) in [5, 5.41) is 9.76. The van der Waals surface area contributed by atoms with Crippen molar-refractivity contribution in [1.82, 2.24) is 9.55 Å². The Labute approximate surface area is 156 Å². The average Bonchev–Trinajstić information content (AvgIpc) is 2.64. The summed E-state index contributed by atoms with van der Waals surface area (Å²) >= 11 is 0. The summed E-state index contributed by atoms with van der Waals surface area (Å²) < 4.78 is 7.00. The molecule has 7 heteroatoms. The number of nitrogens with zero attached hydrogens (tertiary/aromatic N) is 2. The van der Waals surface area contributed by atoms with Gasteiger partial charge in [-0.2, -0.15) is 0 Å². The molecular weight excluding hydrogens is 346 g/mol. The number of anilines is 1. The molecule has 0 spiro atoms. The third-order valence-corrected chi connectivity index (χ3v) is 4.70. The Morgan fingerprint density at radius 1 is 1.30 bits per heavy atom. The molecule has 0 aliphatic carbocycles. The van der Waals surface area contributed by atoms with E-state index in [4.69, 9.17) is 15.6 Å². The number of nitrogens with two attached hydrogens (primary N) is 1. The molecule has 0 aliphatic rings. The number of pyridine rings is 2. The Kier molecular flexibility index (Phi) is 4.85. The molecule has 0 bridgehead atoms. The van der Waals surface area contributed by atoms with Crippen molar-refractivity contribution >= 4 is 22.7 Å². The van der Waals surface area contributed by atoms with Crippen LogP contribution in [0, 0.1) is 6.92 Å². The molecular formula is C20H21N3O4. The van der Waals surface area contributed by atoms with Gasteiger partial charge in [0.05, 0.1) is 18.2 Å². The summed E-state index contributed by atoms with van der Waals surface area (Å²) in [6, 6.07) is 8.88. The van der Waals surface area contributed by atoms with Gasteiger partial charge >= 0.3 is 5.97 Å². The van der Waals surface area contributed by atoms with E-state index in [0.717, 1.165) is 16.6 Å². The zero-order chi connectivity index (χ0) is 19.7. The summed E-state index contributed by atoms with van der Waals surface area (Å²) in [7, 11) is 3.22. The number of carboxylic acids is 1. The summed E-state index contributed by atoms with van der Waals surface area (Å²) in [5.41, 5.74) is 8.86. The lowest BCUT2D eigenvalue weighted by Gasteiger charge is -2.15. The molecule has 1 aromatic carbocycles. The van der Waals surface area contributed by atoms with Crippen molar-refractivity contribution < 1.29 is 14.6 Å². The van der Waals surface area contributed by atoms with Crippen LogP contribution < -0.4 is 16.0 Å². The number of nitrogen functional groups attached to an aromatic ring is 1. The van der Waals surface area contributed by atoms with E-state index < -0.39 is 5.97 Å². The van der Waals surface area contributed by atoms with Crippen LogP contribution in [0.1, 0.15) is 17.7 Å². The number of carbonyl (C=O) groups is 1. The SMILES string of the molecule is COc1cc(C)n(C)c(=O)c1-c1ccc(CCC(=O)O)c2ccc(N)nc12. The lowest BCUT2D eigenvalue weighted by atomic mass is 9.96. The Morgan fingerprint density at radius 3 is 2.70 bits per heavy atom. The molecule has 0 radical (unpaired) electrons. The zero-order valence-corrected chi connectivity index (χ0v) is 15.4. The quantitative estimate of drug-likeness (QED) is 0.717. The van der Waals surface area contributed by atoms with Gasteiger partial charge in [0, 0.05) is 36.2 Å². The van der Waals surface area contributed by atoms with Gasteiger partial charge in [-0.15, -0.1) is 0 Å². The van der Waals surface area contributed by atoms with Gasteiger partial charge in [-0.05, 0) is 31.0 Å². The van der Waals surface area contributed by atoms with Crippen LogP contribution in [-0.2, 0) is 18.3 Å². The van der Waals surface area contributed by atoms with Gasteiger partial charge < -0.3 is 20.1 Å². The molecule has 0 saturated carbocycles. The number of fused-ring (bicyclic) bond motifs is 1. The van der Waals surface area contributed by atoms with Crippen molar-refractivity contribution in [3.05, 3.63) is 51.9 Å². The van der Waals surface area contributed by atoms with Crippen LogP contribution in [0.5, 0.6) is 5.75 Å². The Morgan fingerprint density at radius 2 is 2.04 bits per heavy atom. The molecule has 7 nitrogen and oxygen atoms in total. The molecule has 2 aromatic heterocycles. The van der Waals surface area contributed by atoms with E-state index in [1.165, 1.54) is 7.11 Å². The number of aliphatic carboxylic acids is 1. The molecule has 0 saturated heterocycles. The van der Waals surface area contributed by atoms with E-state index in [0.29, 0.717) is 34.6 Å². The molecule has 0 aliphatic heterocycles. The normalized spacial score (nSPS) is 10.9. The van der Waals surface area contributed by atoms with Crippen LogP contribution in [0.4, 0.5) is 5.82 Å². The molecule has 140 valence electrons. The van der Waals surface area contributed by atoms with Gasteiger partial charge in [0.15, 0.2) is 0 Å². The molecule has 3 rings (SSSR count). The van der Waals surface area contributed by atoms with E-state index >= 15 is 0 Å². The first-order valence-corrected chi connectivity index (χ1v) is 8.48. The number of benzene rings is 1. The van der Waals surface area contributed by atoms with Crippen molar-refractivity contribution in [2.45, 2.75) is 19.8 Å². The van der Waals surface area contributed by atoms with Crippen molar-refractivity contribution in [2.24, 2.45) is 7.05 Å². The molecule has 0 unspecified atom stereocenters. The van der Waals surface area contributed by atoms with Gasteiger partial charge in [0.2, 0.25) is 0 Å². The van der Waals surface area contributed by atoms with Crippen LogP contribution in [0.15, 0.2) is 35.1 Å². The third-order valence-electron chi connectivity index (χ3n) is 4.70. The van der Waals surface area contributed by atoms with Gasteiger partial charge in [0.25, 0.3) is 5.56 Å². The highest BCUT2D eigenvalue weighted by Crippen LogP contribution is 2.34. The van der Waals surface area contributed by atoms with Crippen molar-refractivity contribution in [3.8, 4) is 16.9 Å². The summed E-state index contributed by atoms with van der Waals surface area (Å²) in [4.78, 5) is 28.3. The number of ether oxygens (including phenoxy) is 1. The topological polar surface area (TPSA) is 107 Å². The summed E-state index contributed by atoms with van der Waals surface area (Å²) in [6.45, 7) is 1.83. The van der Waals surface area contributed by atoms with Crippen molar-refractivity contribution in [2.75, 3.05) is 12.8 Å². The fourth-order valence-corrected chi connectivity index (χ4v) is 3.15. The first-order valence-electron chi connectivity index (χ1n) is 8.48. The van der Waals surface area contributed by atoms with Crippen LogP contribution in [0.3, 0.4) is 0 Å². The van der Waals surface area contributed by atoms with Gasteiger partial charge in [-0.25, -0.2) is 4.98 Å². The minimum absolute atomic E-state index is 0.00837. The Hall–Kier alpha value is -3.35. The van der Waals surface area contributed by atoms with Crippen LogP contribution in [0.25, 0.3) is 22.0 Å². The highest BCUT2D eigenvalue weighted by atomic mass is 16.5. The number of hydrogen-bond donors (Lipinski definition) is 2. The highest BCUT2D eigenvalue weighted by Gasteiger charge is 2.19. The molecule has 0 amide bonds. The van der Waals surface area contributed by atoms with E-state index in [-0.39, 0.29) is 12.0 Å². The maximum absolute atomic E-state index is 12.9. The fraction of sp³-hybridized carbons (Fsp3) is 0.250. The minimum Gasteiger partial charge on any atom is -0.496 e. The lowest BCUT2D eigenvalue weighted by Crippen LogP contribution is -2.21. The molecule has 2 heterocycles. The minimum atomic E-state index is -0.871. The first kappa shape index (κ1) is 18.4. The predicted octanol–water partition coefficient (Wildman–Crippen LogP) is 2.52.